The first kappa shape index (κ1) is 30.1. The highest BCUT2D eigenvalue weighted by molar-refractivity contribution is 7.59. The van der Waals surface area contributed by atoms with Crippen LogP contribution < -0.4 is 10.6 Å². The molecule has 5 atom stereocenters. The first-order chi connectivity index (χ1) is 18.8. The molecular weight excluding hydrogens is 535 g/mol. The number of hydrogen-bond acceptors (Lipinski definition) is 7. The average molecular weight is 577 g/mol. The SMILES string of the molecule is C=C[C@@H]1C[C@]1(NC(=O)[C@@H]1CCCN1C(=O)C(NC(=O)OC1CCCC1)C(C)(C)C)P(=O)(O)Cc1ncccc1O. The molecule has 3 amide bonds. The number of pyridine rings is 1. The lowest BCUT2D eigenvalue weighted by Crippen LogP contribution is -2.58. The molecule has 0 radical (unpaired) electrons. The molecule has 0 spiro atoms. The van der Waals surface area contributed by atoms with Gasteiger partial charge in [0.1, 0.15) is 29.2 Å². The van der Waals surface area contributed by atoms with Crippen molar-refractivity contribution in [3.63, 3.8) is 0 Å². The lowest BCUT2D eigenvalue weighted by Gasteiger charge is -2.36. The smallest absolute Gasteiger partial charge is 0.408 e. The van der Waals surface area contributed by atoms with E-state index in [0.717, 1.165) is 25.7 Å². The minimum atomic E-state index is -4.13. The monoisotopic (exact) mass is 576 g/mol. The van der Waals surface area contributed by atoms with E-state index in [1.807, 2.05) is 20.8 Å². The van der Waals surface area contributed by atoms with Crippen molar-refractivity contribution in [2.75, 3.05) is 6.54 Å². The second-order valence-corrected chi connectivity index (χ2v) is 14.8. The molecule has 2 aliphatic carbocycles. The largest absolute Gasteiger partial charge is 0.506 e. The number of nitrogens with zero attached hydrogens (tertiary/aromatic N) is 2. The van der Waals surface area contributed by atoms with Gasteiger partial charge < -0.3 is 30.3 Å². The third-order valence-corrected chi connectivity index (χ3v) is 10.9. The molecule has 1 aromatic rings. The van der Waals surface area contributed by atoms with E-state index in [1.165, 1.54) is 29.3 Å². The predicted molar refractivity (Wildman–Crippen MR) is 148 cm³/mol. The number of nitrogens with one attached hydrogen (secondary N) is 2. The number of rotatable bonds is 9. The van der Waals surface area contributed by atoms with E-state index in [-0.39, 0.29) is 24.0 Å². The van der Waals surface area contributed by atoms with E-state index < -0.39 is 60.1 Å². The zero-order valence-electron chi connectivity index (χ0n) is 23.5. The minimum absolute atomic E-state index is 0.0675. The van der Waals surface area contributed by atoms with Gasteiger partial charge >= 0.3 is 6.09 Å². The maximum Gasteiger partial charge on any atom is 0.408 e. The minimum Gasteiger partial charge on any atom is -0.506 e. The van der Waals surface area contributed by atoms with Crippen molar-refractivity contribution in [1.82, 2.24) is 20.5 Å². The quantitative estimate of drug-likeness (QED) is 0.256. The normalized spacial score (nSPS) is 26.9. The van der Waals surface area contributed by atoms with Gasteiger partial charge in [-0.2, -0.15) is 0 Å². The molecule has 0 bridgehead atoms. The fourth-order valence-corrected chi connectivity index (χ4v) is 8.13. The summed E-state index contributed by atoms with van der Waals surface area (Å²) >= 11 is 0. The number of hydrogen-bond donors (Lipinski definition) is 4. The maximum absolute atomic E-state index is 13.8. The zero-order chi connectivity index (χ0) is 29.3. The number of carbonyl (C=O) groups is 3. The van der Waals surface area contributed by atoms with Crippen LogP contribution in [-0.4, -0.2) is 67.8 Å². The lowest BCUT2D eigenvalue weighted by atomic mass is 9.85. The highest BCUT2D eigenvalue weighted by atomic mass is 31.2. The van der Waals surface area contributed by atoms with Crippen molar-refractivity contribution < 1.29 is 33.7 Å². The standard InChI is InChI=1S/C28H41N4O7P/c1-5-18-16-28(18,40(37,38)17-20-22(33)13-8-14-29-20)31-24(34)21-12-9-15-32(21)25(35)23(27(2,3)4)30-26(36)39-19-10-6-7-11-19/h5,8,13-14,18-19,21,23,33H,1,6-7,9-12,15-17H2,2-4H3,(H,30,36)(H,31,34)(H,37,38)/t18-,21+,23?,28+/m1/s1. The Balaban J connectivity index is 1.49. The molecule has 1 aromatic heterocycles. The van der Waals surface area contributed by atoms with Crippen LogP contribution in [0.3, 0.4) is 0 Å². The van der Waals surface area contributed by atoms with Crippen molar-refractivity contribution in [3.05, 3.63) is 36.7 Å². The van der Waals surface area contributed by atoms with Crippen LogP contribution in [0.2, 0.25) is 0 Å². The summed E-state index contributed by atoms with van der Waals surface area (Å²) in [6.45, 7) is 9.57. The second-order valence-electron chi connectivity index (χ2n) is 12.2. The van der Waals surface area contributed by atoms with Crippen LogP contribution in [-0.2, 0) is 25.1 Å². The topological polar surface area (TPSA) is 158 Å². The van der Waals surface area contributed by atoms with E-state index in [1.54, 1.807) is 0 Å². The summed E-state index contributed by atoms with van der Waals surface area (Å²) in [5.41, 5.74) is -0.593. The number of amides is 3. The molecule has 220 valence electrons. The Labute approximate surface area is 235 Å². The summed E-state index contributed by atoms with van der Waals surface area (Å²) in [6, 6.07) is 1.11. The fraction of sp³-hybridized carbons (Fsp3) is 0.643. The van der Waals surface area contributed by atoms with Gasteiger partial charge in [0.15, 0.2) is 0 Å². The Morgan fingerprint density at radius 2 is 1.98 bits per heavy atom. The molecular formula is C28H41N4O7P. The molecule has 11 nitrogen and oxygen atoms in total. The molecule has 2 heterocycles. The van der Waals surface area contributed by atoms with Crippen LogP contribution >= 0.6 is 7.37 Å². The Kier molecular flexibility index (Phi) is 8.66. The lowest BCUT2D eigenvalue weighted by molar-refractivity contribution is -0.142. The van der Waals surface area contributed by atoms with Gasteiger partial charge in [0.05, 0.1) is 11.9 Å². The van der Waals surface area contributed by atoms with E-state index in [4.69, 9.17) is 4.74 Å². The Morgan fingerprint density at radius 1 is 1.27 bits per heavy atom. The molecule has 12 heteroatoms. The zero-order valence-corrected chi connectivity index (χ0v) is 24.4. The number of alkyl carbamates (subject to hydrolysis) is 1. The molecule has 3 aliphatic rings. The maximum atomic E-state index is 13.8. The van der Waals surface area contributed by atoms with E-state index in [2.05, 4.69) is 22.2 Å². The Bertz CT molecular complexity index is 1200. The van der Waals surface area contributed by atoms with Crippen LogP contribution in [0.15, 0.2) is 31.0 Å². The number of ether oxygens (including phenoxy) is 1. The highest BCUT2D eigenvalue weighted by Crippen LogP contribution is 2.71. The summed E-state index contributed by atoms with van der Waals surface area (Å²) in [7, 11) is -4.13. The van der Waals surface area contributed by atoms with Crippen LogP contribution in [0.1, 0.15) is 71.4 Å². The van der Waals surface area contributed by atoms with Gasteiger partial charge in [-0.05, 0) is 62.5 Å². The number of carbonyl (C=O) groups excluding carboxylic acids is 3. The molecule has 2 unspecified atom stereocenters. The second kappa shape index (κ2) is 11.5. The van der Waals surface area contributed by atoms with Gasteiger partial charge in [-0.3, -0.25) is 19.1 Å². The Hall–Kier alpha value is -2.91. The molecule has 1 aliphatic heterocycles. The van der Waals surface area contributed by atoms with Crippen molar-refractivity contribution in [1.29, 1.82) is 0 Å². The number of aromatic hydroxyl groups is 1. The van der Waals surface area contributed by atoms with Gasteiger partial charge in [0, 0.05) is 18.7 Å². The molecule has 40 heavy (non-hydrogen) atoms. The van der Waals surface area contributed by atoms with Crippen LogP contribution in [0.4, 0.5) is 4.79 Å². The van der Waals surface area contributed by atoms with E-state index >= 15 is 0 Å². The van der Waals surface area contributed by atoms with Crippen LogP contribution in [0.5, 0.6) is 5.75 Å². The van der Waals surface area contributed by atoms with Crippen LogP contribution in [0, 0.1) is 11.3 Å². The first-order valence-corrected chi connectivity index (χ1v) is 15.8. The van der Waals surface area contributed by atoms with Gasteiger partial charge in [-0.15, -0.1) is 6.58 Å². The van der Waals surface area contributed by atoms with Gasteiger partial charge in [-0.25, -0.2) is 4.79 Å². The number of aromatic nitrogens is 1. The first-order valence-electron chi connectivity index (χ1n) is 14.0. The van der Waals surface area contributed by atoms with Crippen molar-refractivity contribution >= 4 is 25.3 Å². The number of likely N-dealkylation sites (tertiary alicyclic amines) is 1. The molecule has 3 fully saturated rings. The summed E-state index contributed by atoms with van der Waals surface area (Å²) in [5.74, 6) is -1.58. The summed E-state index contributed by atoms with van der Waals surface area (Å²) in [6.07, 6.45) is 6.51. The molecule has 4 N–H and O–H groups in total. The average Bonchev–Trinajstić information content (AvgIpc) is 3.21. The van der Waals surface area contributed by atoms with Crippen molar-refractivity contribution in [3.8, 4) is 5.75 Å². The highest BCUT2D eigenvalue weighted by Gasteiger charge is 2.65. The van der Waals surface area contributed by atoms with Gasteiger partial charge in [-0.1, -0.05) is 26.8 Å². The van der Waals surface area contributed by atoms with E-state index in [0.29, 0.717) is 19.4 Å². The van der Waals surface area contributed by atoms with Crippen molar-refractivity contribution in [2.24, 2.45) is 11.3 Å². The molecule has 1 saturated heterocycles. The molecule has 2 saturated carbocycles. The van der Waals surface area contributed by atoms with Gasteiger partial charge in [0.2, 0.25) is 19.2 Å². The summed E-state index contributed by atoms with van der Waals surface area (Å²) < 4.78 is 19.2. The third kappa shape index (κ3) is 6.20. The van der Waals surface area contributed by atoms with E-state index in [9.17, 15) is 28.9 Å². The van der Waals surface area contributed by atoms with Crippen molar-refractivity contribution in [2.45, 2.75) is 95.3 Å². The van der Waals surface area contributed by atoms with Crippen LogP contribution in [0.25, 0.3) is 0 Å². The van der Waals surface area contributed by atoms with Gasteiger partial charge in [0.25, 0.3) is 0 Å². The third-order valence-electron chi connectivity index (χ3n) is 8.25. The fourth-order valence-electron chi connectivity index (χ4n) is 5.81. The molecule has 4 rings (SSSR count). The summed E-state index contributed by atoms with van der Waals surface area (Å²) in [4.78, 5) is 56.7. The summed E-state index contributed by atoms with van der Waals surface area (Å²) in [5, 5.41) is 14.2. The predicted octanol–water partition coefficient (Wildman–Crippen LogP) is 3.65. The Morgan fingerprint density at radius 3 is 2.58 bits per heavy atom. The molecule has 0 aromatic carbocycles.